The van der Waals surface area contributed by atoms with E-state index in [4.69, 9.17) is 0 Å². The van der Waals surface area contributed by atoms with Crippen molar-refractivity contribution in [1.29, 1.82) is 0 Å². The number of likely N-dealkylation sites (tertiary alicyclic amines) is 2. The molecule has 0 radical (unpaired) electrons. The van der Waals surface area contributed by atoms with Gasteiger partial charge in [-0.1, -0.05) is 13.8 Å². The molecular formula is C14H24F2N2O. The van der Waals surface area contributed by atoms with Crippen molar-refractivity contribution in [2.24, 2.45) is 5.41 Å². The number of carbonyl (C=O) groups is 1. The lowest BCUT2D eigenvalue weighted by atomic mass is 9.74. The third kappa shape index (κ3) is 2.62. The highest BCUT2D eigenvalue weighted by molar-refractivity contribution is 5.76. The summed E-state index contributed by atoms with van der Waals surface area (Å²) in [4.78, 5) is 15.2. The Balaban J connectivity index is 2.07. The lowest BCUT2D eigenvalue weighted by molar-refractivity contribution is -0.165. The summed E-state index contributed by atoms with van der Waals surface area (Å²) in [5, 5.41) is 0. The molecule has 0 aromatic heterocycles. The topological polar surface area (TPSA) is 23.6 Å². The second-order valence-electron chi connectivity index (χ2n) is 5.93. The van der Waals surface area contributed by atoms with E-state index in [0.29, 0.717) is 25.8 Å². The maximum absolute atomic E-state index is 14.5. The van der Waals surface area contributed by atoms with Gasteiger partial charge in [0.05, 0.1) is 12.0 Å². The van der Waals surface area contributed by atoms with Crippen molar-refractivity contribution in [2.75, 3.05) is 32.7 Å². The van der Waals surface area contributed by atoms with E-state index in [1.807, 2.05) is 11.8 Å². The molecule has 5 heteroatoms. The molecule has 1 spiro atoms. The molecule has 0 bridgehead atoms. The summed E-state index contributed by atoms with van der Waals surface area (Å²) in [6.07, 6.45) is 2.27. The summed E-state index contributed by atoms with van der Waals surface area (Å²) in [7, 11) is 0. The first-order chi connectivity index (χ1) is 8.94. The van der Waals surface area contributed by atoms with Gasteiger partial charge in [0, 0.05) is 19.5 Å². The molecule has 0 saturated carbocycles. The van der Waals surface area contributed by atoms with Crippen LogP contribution in [0, 0.1) is 5.41 Å². The first-order valence-corrected chi connectivity index (χ1v) is 7.32. The Morgan fingerprint density at radius 3 is 2.42 bits per heavy atom. The normalized spacial score (nSPS) is 31.1. The van der Waals surface area contributed by atoms with E-state index in [-0.39, 0.29) is 19.0 Å². The largest absolute Gasteiger partial charge is 0.342 e. The molecular weight excluding hydrogens is 250 g/mol. The van der Waals surface area contributed by atoms with Crippen molar-refractivity contribution >= 4 is 5.91 Å². The summed E-state index contributed by atoms with van der Waals surface area (Å²) in [5.41, 5.74) is -0.970. The van der Waals surface area contributed by atoms with Gasteiger partial charge in [-0.05, 0) is 32.4 Å². The molecule has 2 aliphatic rings. The van der Waals surface area contributed by atoms with Crippen LogP contribution in [0.5, 0.6) is 0 Å². The molecule has 2 aliphatic heterocycles. The third-order valence-corrected chi connectivity index (χ3v) is 4.65. The Hall–Kier alpha value is -0.710. The summed E-state index contributed by atoms with van der Waals surface area (Å²) in [6, 6.07) is 0. The van der Waals surface area contributed by atoms with Crippen LogP contribution in [0.25, 0.3) is 0 Å². The van der Waals surface area contributed by atoms with Crippen molar-refractivity contribution in [3.05, 3.63) is 0 Å². The standard InChI is InChI=1S/C14H24F2N2O/c1-3-7-17-8-5-13(14(15,16)11-17)6-9-18(10-13)12(19)4-2/h3-11H2,1-2H3. The molecule has 2 rings (SSSR count). The summed E-state index contributed by atoms with van der Waals surface area (Å²) in [5.74, 6) is -2.67. The molecule has 110 valence electrons. The quantitative estimate of drug-likeness (QED) is 0.789. The fourth-order valence-corrected chi connectivity index (χ4v) is 3.40. The Morgan fingerprint density at radius 1 is 1.16 bits per heavy atom. The average molecular weight is 274 g/mol. The van der Waals surface area contributed by atoms with Crippen LogP contribution in [-0.2, 0) is 4.79 Å². The minimum atomic E-state index is -2.68. The van der Waals surface area contributed by atoms with Crippen LogP contribution >= 0.6 is 0 Å². The van der Waals surface area contributed by atoms with Crippen LogP contribution in [0.4, 0.5) is 8.78 Å². The van der Waals surface area contributed by atoms with Gasteiger partial charge in [-0.25, -0.2) is 8.78 Å². The highest BCUT2D eigenvalue weighted by Gasteiger charge is 2.59. The van der Waals surface area contributed by atoms with Crippen molar-refractivity contribution in [2.45, 2.75) is 45.5 Å². The second kappa shape index (κ2) is 5.35. The fraction of sp³-hybridized carbons (Fsp3) is 0.929. The number of alkyl halides is 2. The zero-order valence-corrected chi connectivity index (χ0v) is 11.9. The van der Waals surface area contributed by atoms with Gasteiger partial charge >= 0.3 is 0 Å². The van der Waals surface area contributed by atoms with Crippen molar-refractivity contribution in [3.63, 3.8) is 0 Å². The number of halogens is 2. The highest BCUT2D eigenvalue weighted by Crippen LogP contribution is 2.50. The molecule has 0 N–H and O–H groups in total. The smallest absolute Gasteiger partial charge is 0.267 e. The molecule has 2 saturated heterocycles. The van der Waals surface area contributed by atoms with Crippen molar-refractivity contribution < 1.29 is 13.6 Å². The molecule has 19 heavy (non-hydrogen) atoms. The van der Waals surface area contributed by atoms with E-state index in [1.54, 1.807) is 11.8 Å². The van der Waals surface area contributed by atoms with Gasteiger partial charge in [0.15, 0.2) is 0 Å². The SMILES string of the molecule is CCCN1CCC2(CCN(C(=O)CC)C2)C(F)(F)C1. The van der Waals surface area contributed by atoms with Crippen LogP contribution in [-0.4, -0.2) is 54.4 Å². The Kier molecular flexibility index (Phi) is 4.14. The average Bonchev–Trinajstić information content (AvgIpc) is 2.79. The van der Waals surface area contributed by atoms with Crippen LogP contribution in [0.3, 0.4) is 0 Å². The second-order valence-corrected chi connectivity index (χ2v) is 5.93. The monoisotopic (exact) mass is 274 g/mol. The number of hydrogen-bond donors (Lipinski definition) is 0. The third-order valence-electron chi connectivity index (χ3n) is 4.65. The summed E-state index contributed by atoms with van der Waals surface area (Å²) in [6.45, 7) is 5.87. The van der Waals surface area contributed by atoms with E-state index < -0.39 is 11.3 Å². The van der Waals surface area contributed by atoms with Gasteiger partial charge in [-0.15, -0.1) is 0 Å². The minimum absolute atomic E-state index is 0.00339. The molecule has 1 unspecified atom stereocenters. The van der Waals surface area contributed by atoms with Gasteiger partial charge in [0.25, 0.3) is 5.92 Å². The summed E-state index contributed by atoms with van der Waals surface area (Å²) < 4.78 is 29.0. The maximum atomic E-state index is 14.5. The number of piperidine rings is 1. The Bertz CT molecular complexity index is 348. The molecule has 0 aromatic rings. The highest BCUT2D eigenvalue weighted by atomic mass is 19.3. The van der Waals surface area contributed by atoms with Crippen molar-refractivity contribution in [3.8, 4) is 0 Å². The lowest BCUT2D eigenvalue weighted by Crippen LogP contribution is -2.57. The van der Waals surface area contributed by atoms with Gasteiger partial charge in [0.2, 0.25) is 5.91 Å². The van der Waals surface area contributed by atoms with Crippen LogP contribution < -0.4 is 0 Å². The van der Waals surface area contributed by atoms with Crippen LogP contribution in [0.2, 0.25) is 0 Å². The molecule has 0 aliphatic carbocycles. The maximum Gasteiger partial charge on any atom is 0.267 e. The fourth-order valence-electron chi connectivity index (χ4n) is 3.40. The van der Waals surface area contributed by atoms with E-state index in [2.05, 4.69) is 0 Å². The molecule has 1 atom stereocenters. The van der Waals surface area contributed by atoms with Gasteiger partial charge < -0.3 is 4.90 Å². The Labute approximate surface area is 113 Å². The van der Waals surface area contributed by atoms with Gasteiger partial charge in [-0.3, -0.25) is 9.69 Å². The first-order valence-electron chi connectivity index (χ1n) is 7.32. The molecule has 3 nitrogen and oxygen atoms in total. The predicted molar refractivity (Wildman–Crippen MR) is 70.2 cm³/mol. The molecule has 1 amide bonds. The number of hydrogen-bond acceptors (Lipinski definition) is 2. The van der Waals surface area contributed by atoms with E-state index in [0.717, 1.165) is 19.5 Å². The van der Waals surface area contributed by atoms with Gasteiger partial charge in [-0.2, -0.15) is 0 Å². The van der Waals surface area contributed by atoms with E-state index in [9.17, 15) is 13.6 Å². The summed E-state index contributed by atoms with van der Waals surface area (Å²) >= 11 is 0. The molecule has 0 aromatic carbocycles. The number of carbonyl (C=O) groups excluding carboxylic acids is 1. The van der Waals surface area contributed by atoms with E-state index in [1.165, 1.54) is 0 Å². The first kappa shape index (κ1) is 14.7. The van der Waals surface area contributed by atoms with Crippen LogP contribution in [0.1, 0.15) is 39.5 Å². The zero-order valence-electron chi connectivity index (χ0n) is 11.9. The minimum Gasteiger partial charge on any atom is -0.342 e. The van der Waals surface area contributed by atoms with Gasteiger partial charge in [0.1, 0.15) is 0 Å². The number of amides is 1. The zero-order chi connectivity index (χ0) is 14.1. The predicted octanol–water partition coefficient (Wildman–Crippen LogP) is 2.37. The molecule has 2 fully saturated rings. The Morgan fingerprint density at radius 2 is 1.84 bits per heavy atom. The van der Waals surface area contributed by atoms with Crippen molar-refractivity contribution in [1.82, 2.24) is 9.80 Å². The molecule has 2 heterocycles. The number of rotatable bonds is 3. The van der Waals surface area contributed by atoms with E-state index >= 15 is 0 Å². The van der Waals surface area contributed by atoms with Crippen LogP contribution in [0.15, 0.2) is 0 Å². The lowest BCUT2D eigenvalue weighted by Gasteiger charge is -2.45. The number of nitrogens with zero attached hydrogens (tertiary/aromatic N) is 2.